The van der Waals surface area contributed by atoms with Crippen molar-refractivity contribution in [1.29, 1.82) is 0 Å². The minimum atomic E-state index is -0.511. The highest BCUT2D eigenvalue weighted by atomic mass is 35.5. The molecule has 102 valence electrons. The Hall–Kier alpha value is -2.40. The standard InChI is InChI=1S/C14H11ClFN3O/c15-12-2-1-3-13(16)11(12)8-18-19-14(20)9-4-6-10(17)7-5-9/h1-8H,17H2,(H,19,20). The monoisotopic (exact) mass is 291 g/mol. The molecule has 2 rings (SSSR count). The van der Waals surface area contributed by atoms with Gasteiger partial charge < -0.3 is 5.73 Å². The lowest BCUT2D eigenvalue weighted by atomic mass is 10.2. The summed E-state index contributed by atoms with van der Waals surface area (Å²) in [5.74, 6) is -0.934. The van der Waals surface area contributed by atoms with Crippen LogP contribution >= 0.6 is 11.6 Å². The average Bonchev–Trinajstić information content (AvgIpc) is 2.42. The van der Waals surface area contributed by atoms with E-state index in [-0.39, 0.29) is 10.6 Å². The first-order chi connectivity index (χ1) is 9.58. The summed E-state index contributed by atoms with van der Waals surface area (Å²) >= 11 is 5.82. The highest BCUT2D eigenvalue weighted by Gasteiger charge is 2.05. The summed E-state index contributed by atoms with van der Waals surface area (Å²) in [6.45, 7) is 0. The lowest BCUT2D eigenvalue weighted by molar-refractivity contribution is 0.0955. The number of hydrogen-bond donors (Lipinski definition) is 2. The first-order valence-electron chi connectivity index (χ1n) is 5.71. The minimum absolute atomic E-state index is 0.117. The third-order valence-electron chi connectivity index (χ3n) is 2.53. The van der Waals surface area contributed by atoms with Gasteiger partial charge in [-0.2, -0.15) is 5.10 Å². The van der Waals surface area contributed by atoms with E-state index in [0.717, 1.165) is 6.21 Å². The van der Waals surface area contributed by atoms with E-state index in [9.17, 15) is 9.18 Å². The number of benzene rings is 2. The van der Waals surface area contributed by atoms with Crippen LogP contribution in [0.25, 0.3) is 0 Å². The summed E-state index contributed by atoms with van der Waals surface area (Å²) < 4.78 is 13.4. The van der Waals surface area contributed by atoms with Gasteiger partial charge in [0, 0.05) is 16.8 Å². The Morgan fingerprint density at radius 2 is 1.95 bits per heavy atom. The van der Waals surface area contributed by atoms with Gasteiger partial charge in [0.05, 0.1) is 11.2 Å². The number of rotatable bonds is 3. The van der Waals surface area contributed by atoms with Crippen LogP contribution in [0.1, 0.15) is 15.9 Å². The van der Waals surface area contributed by atoms with Gasteiger partial charge in [-0.05, 0) is 36.4 Å². The lowest BCUT2D eigenvalue weighted by Crippen LogP contribution is -2.17. The molecule has 0 aromatic heterocycles. The van der Waals surface area contributed by atoms with Crippen LogP contribution in [0.5, 0.6) is 0 Å². The second-order valence-electron chi connectivity index (χ2n) is 3.96. The Balaban J connectivity index is 2.06. The van der Waals surface area contributed by atoms with E-state index in [1.165, 1.54) is 18.2 Å². The van der Waals surface area contributed by atoms with E-state index >= 15 is 0 Å². The lowest BCUT2D eigenvalue weighted by Gasteiger charge is -2.01. The molecule has 0 radical (unpaired) electrons. The topological polar surface area (TPSA) is 67.5 Å². The van der Waals surface area contributed by atoms with E-state index < -0.39 is 11.7 Å². The number of hydrogen-bond acceptors (Lipinski definition) is 3. The molecule has 20 heavy (non-hydrogen) atoms. The molecule has 2 aromatic carbocycles. The molecule has 4 nitrogen and oxygen atoms in total. The predicted octanol–water partition coefficient (Wildman–Crippen LogP) is 2.83. The molecule has 3 N–H and O–H groups in total. The Labute approximate surface area is 120 Å². The first-order valence-corrected chi connectivity index (χ1v) is 6.08. The van der Waals surface area contributed by atoms with E-state index in [1.54, 1.807) is 24.3 Å². The van der Waals surface area contributed by atoms with Crippen molar-refractivity contribution in [3.8, 4) is 0 Å². The summed E-state index contributed by atoms with van der Waals surface area (Å²) in [5.41, 5.74) is 8.88. The normalized spacial score (nSPS) is 10.7. The maximum atomic E-state index is 13.4. The zero-order chi connectivity index (χ0) is 14.5. The van der Waals surface area contributed by atoms with Crippen LogP contribution in [-0.2, 0) is 0 Å². The summed E-state index contributed by atoms with van der Waals surface area (Å²) in [7, 11) is 0. The maximum absolute atomic E-state index is 13.4. The number of carbonyl (C=O) groups excluding carboxylic acids is 1. The molecule has 0 unspecified atom stereocenters. The molecule has 0 aliphatic heterocycles. The van der Waals surface area contributed by atoms with Crippen LogP contribution < -0.4 is 11.2 Å². The summed E-state index contributed by atoms with van der Waals surface area (Å²) in [6.07, 6.45) is 1.16. The van der Waals surface area contributed by atoms with Crippen LogP contribution in [-0.4, -0.2) is 12.1 Å². The van der Waals surface area contributed by atoms with E-state index in [0.29, 0.717) is 11.3 Å². The number of nitrogen functional groups attached to an aromatic ring is 1. The number of nitrogens with one attached hydrogen (secondary N) is 1. The summed E-state index contributed by atoms with van der Waals surface area (Å²) in [6, 6.07) is 10.6. The van der Waals surface area contributed by atoms with Crippen molar-refractivity contribution in [3.05, 3.63) is 64.4 Å². The number of halogens is 2. The molecule has 0 aliphatic rings. The van der Waals surface area contributed by atoms with Crippen LogP contribution in [0.3, 0.4) is 0 Å². The summed E-state index contributed by atoms with van der Waals surface area (Å²) in [5, 5.41) is 3.90. The Morgan fingerprint density at radius 3 is 2.60 bits per heavy atom. The van der Waals surface area contributed by atoms with Crippen LogP contribution in [0.4, 0.5) is 10.1 Å². The molecule has 1 amide bonds. The molecule has 0 saturated heterocycles. The zero-order valence-corrected chi connectivity index (χ0v) is 11.1. The van der Waals surface area contributed by atoms with Crippen molar-refractivity contribution < 1.29 is 9.18 Å². The highest BCUT2D eigenvalue weighted by Crippen LogP contribution is 2.16. The molecule has 2 aromatic rings. The van der Waals surface area contributed by atoms with Gasteiger partial charge in [0.25, 0.3) is 5.91 Å². The molecule has 0 fully saturated rings. The molecule has 0 bridgehead atoms. The van der Waals surface area contributed by atoms with Gasteiger partial charge >= 0.3 is 0 Å². The third-order valence-corrected chi connectivity index (χ3v) is 2.86. The van der Waals surface area contributed by atoms with E-state index in [4.69, 9.17) is 17.3 Å². The SMILES string of the molecule is Nc1ccc(C(=O)NN=Cc2c(F)cccc2Cl)cc1. The maximum Gasteiger partial charge on any atom is 0.271 e. The zero-order valence-electron chi connectivity index (χ0n) is 10.3. The predicted molar refractivity (Wildman–Crippen MR) is 77.3 cm³/mol. The van der Waals surface area contributed by atoms with Gasteiger partial charge in [0.15, 0.2) is 0 Å². The number of nitrogens with two attached hydrogens (primary N) is 1. The average molecular weight is 292 g/mol. The molecule has 6 heteroatoms. The first kappa shape index (κ1) is 14.0. The number of carbonyl (C=O) groups is 1. The quantitative estimate of drug-likeness (QED) is 0.519. The van der Waals surface area contributed by atoms with Gasteiger partial charge in [0.2, 0.25) is 0 Å². The molecule has 0 aliphatic carbocycles. The Morgan fingerprint density at radius 1 is 1.25 bits per heavy atom. The summed E-state index contributed by atoms with van der Waals surface area (Å²) in [4.78, 5) is 11.7. The Kier molecular flexibility index (Phi) is 4.32. The molecular formula is C14H11ClFN3O. The highest BCUT2D eigenvalue weighted by molar-refractivity contribution is 6.33. The van der Waals surface area contributed by atoms with Crippen molar-refractivity contribution in [2.24, 2.45) is 5.10 Å². The molecule has 0 atom stereocenters. The Bertz CT molecular complexity index is 636. The third kappa shape index (κ3) is 3.33. The molecule has 0 heterocycles. The second kappa shape index (κ2) is 6.16. The number of hydrazone groups is 1. The number of amides is 1. The largest absolute Gasteiger partial charge is 0.399 e. The molecule has 0 spiro atoms. The van der Waals surface area contributed by atoms with Gasteiger partial charge in [-0.1, -0.05) is 17.7 Å². The van der Waals surface area contributed by atoms with Crippen LogP contribution in [0.15, 0.2) is 47.6 Å². The van der Waals surface area contributed by atoms with E-state index in [2.05, 4.69) is 10.5 Å². The van der Waals surface area contributed by atoms with Crippen molar-refractivity contribution >= 4 is 29.4 Å². The second-order valence-corrected chi connectivity index (χ2v) is 4.36. The fourth-order valence-corrected chi connectivity index (χ4v) is 1.70. The van der Waals surface area contributed by atoms with Crippen molar-refractivity contribution in [1.82, 2.24) is 5.43 Å². The van der Waals surface area contributed by atoms with Gasteiger partial charge in [-0.3, -0.25) is 4.79 Å². The fraction of sp³-hybridized carbons (Fsp3) is 0. The number of nitrogens with zero attached hydrogens (tertiary/aromatic N) is 1. The smallest absolute Gasteiger partial charge is 0.271 e. The van der Waals surface area contributed by atoms with Crippen LogP contribution in [0.2, 0.25) is 5.02 Å². The number of anilines is 1. The molecular weight excluding hydrogens is 281 g/mol. The van der Waals surface area contributed by atoms with Crippen molar-refractivity contribution in [2.75, 3.05) is 5.73 Å². The van der Waals surface area contributed by atoms with Crippen LogP contribution in [0, 0.1) is 5.82 Å². The van der Waals surface area contributed by atoms with Gasteiger partial charge in [0.1, 0.15) is 5.82 Å². The van der Waals surface area contributed by atoms with E-state index in [1.807, 2.05) is 0 Å². The van der Waals surface area contributed by atoms with Crippen molar-refractivity contribution in [3.63, 3.8) is 0 Å². The van der Waals surface area contributed by atoms with Gasteiger partial charge in [-0.15, -0.1) is 0 Å². The van der Waals surface area contributed by atoms with Crippen molar-refractivity contribution in [2.45, 2.75) is 0 Å². The minimum Gasteiger partial charge on any atom is -0.399 e. The van der Waals surface area contributed by atoms with Gasteiger partial charge in [-0.25, -0.2) is 9.82 Å². The fourth-order valence-electron chi connectivity index (χ4n) is 1.49. The molecule has 0 saturated carbocycles.